The van der Waals surface area contributed by atoms with E-state index in [4.69, 9.17) is 9.47 Å². The molecule has 0 heterocycles. The fourth-order valence-electron chi connectivity index (χ4n) is 7.16. The first kappa shape index (κ1) is 31.4. The lowest BCUT2D eigenvalue weighted by Crippen LogP contribution is -2.47. The van der Waals surface area contributed by atoms with Crippen molar-refractivity contribution in [2.75, 3.05) is 6.61 Å². The molecule has 0 aromatic heterocycles. The van der Waals surface area contributed by atoms with E-state index in [0.29, 0.717) is 16.9 Å². The van der Waals surface area contributed by atoms with Crippen LogP contribution in [0.3, 0.4) is 0 Å². The predicted octanol–water partition coefficient (Wildman–Crippen LogP) is 8.17. The minimum atomic E-state index is -1.09. The van der Waals surface area contributed by atoms with Crippen LogP contribution in [0.15, 0.2) is 109 Å². The standard InChI is InChI=1S/C39H30N2O8/c1-38(2,3)36(42)29-20-21-32(49-37(43)23-12-14-24(15-13-23)40(44)45)35-34(29)33-27-8-4-6-10-30(27)39(35,31-11-7-5-9-28(31)33)22-48-26-18-16-25(17-19-26)41(46)47/h4-21,33H,22H2,1-3H3. The molecular formula is C39H30N2O8. The second kappa shape index (κ2) is 11.5. The van der Waals surface area contributed by atoms with Gasteiger partial charge in [0, 0.05) is 46.7 Å². The molecule has 3 aliphatic rings. The first-order valence-corrected chi connectivity index (χ1v) is 15.7. The molecule has 3 aliphatic carbocycles. The molecule has 0 amide bonds. The zero-order valence-corrected chi connectivity index (χ0v) is 26.8. The highest BCUT2D eigenvalue weighted by atomic mass is 16.6. The molecule has 0 atom stereocenters. The number of benzene rings is 5. The lowest BCUT2D eigenvalue weighted by molar-refractivity contribution is -0.385. The summed E-state index contributed by atoms with van der Waals surface area (Å²) in [4.78, 5) is 49.4. The van der Waals surface area contributed by atoms with Gasteiger partial charge in [-0.1, -0.05) is 69.3 Å². The van der Waals surface area contributed by atoms with Crippen LogP contribution < -0.4 is 9.47 Å². The Morgan fingerprint density at radius 2 is 1.27 bits per heavy atom. The Labute approximate surface area is 281 Å². The molecular weight excluding hydrogens is 624 g/mol. The molecule has 0 saturated heterocycles. The Morgan fingerprint density at radius 1 is 0.735 bits per heavy atom. The summed E-state index contributed by atoms with van der Waals surface area (Å²) >= 11 is 0. The van der Waals surface area contributed by atoms with Gasteiger partial charge >= 0.3 is 5.97 Å². The molecule has 0 spiro atoms. The highest BCUT2D eigenvalue weighted by Gasteiger charge is 2.55. The summed E-state index contributed by atoms with van der Waals surface area (Å²) in [7, 11) is 0. The summed E-state index contributed by atoms with van der Waals surface area (Å²) in [5.74, 6) is -0.531. The maximum Gasteiger partial charge on any atom is 0.343 e. The third-order valence-electron chi connectivity index (χ3n) is 9.33. The van der Waals surface area contributed by atoms with E-state index in [9.17, 15) is 29.8 Å². The van der Waals surface area contributed by atoms with Crippen molar-refractivity contribution in [3.05, 3.63) is 174 Å². The Morgan fingerprint density at radius 3 is 1.80 bits per heavy atom. The number of nitro benzene ring substituents is 2. The highest BCUT2D eigenvalue weighted by Crippen LogP contribution is 2.62. The van der Waals surface area contributed by atoms with Crippen molar-refractivity contribution in [3.63, 3.8) is 0 Å². The highest BCUT2D eigenvalue weighted by molar-refractivity contribution is 6.03. The first-order chi connectivity index (χ1) is 23.4. The number of non-ortho nitro benzene ring substituents is 2. The number of ether oxygens (including phenoxy) is 2. The van der Waals surface area contributed by atoms with Crippen LogP contribution in [-0.2, 0) is 5.41 Å². The predicted molar refractivity (Wildman–Crippen MR) is 181 cm³/mol. The fourth-order valence-corrected chi connectivity index (χ4v) is 7.16. The third-order valence-corrected chi connectivity index (χ3v) is 9.33. The van der Waals surface area contributed by atoms with Crippen LogP contribution in [0.2, 0.25) is 0 Å². The maximum absolute atomic E-state index is 14.2. The molecule has 5 aromatic rings. The van der Waals surface area contributed by atoms with Crippen LogP contribution in [-0.4, -0.2) is 28.2 Å². The minimum absolute atomic E-state index is 0.00774. The van der Waals surface area contributed by atoms with E-state index >= 15 is 0 Å². The van der Waals surface area contributed by atoms with Gasteiger partial charge in [0.2, 0.25) is 0 Å². The number of ketones is 1. The molecule has 10 heteroatoms. The molecule has 2 bridgehead atoms. The van der Waals surface area contributed by atoms with Crippen LogP contribution in [0.25, 0.3) is 0 Å². The Hall–Kier alpha value is -6.16. The van der Waals surface area contributed by atoms with E-state index in [1.807, 2.05) is 69.3 Å². The number of nitrogens with zero attached hydrogens (tertiary/aromatic N) is 2. The fraction of sp³-hybridized carbons (Fsp3) is 0.179. The summed E-state index contributed by atoms with van der Waals surface area (Å²) in [6, 6.07) is 30.2. The second-order valence-electron chi connectivity index (χ2n) is 13.2. The van der Waals surface area contributed by atoms with E-state index in [1.54, 1.807) is 12.1 Å². The number of Topliss-reactive ketones (excluding diaryl/α,β-unsaturated/α-hetero) is 1. The first-order valence-electron chi connectivity index (χ1n) is 15.7. The summed E-state index contributed by atoms with van der Waals surface area (Å²) in [5, 5.41) is 22.6. The summed E-state index contributed by atoms with van der Waals surface area (Å²) in [6.07, 6.45) is 0. The van der Waals surface area contributed by atoms with Crippen LogP contribution in [0, 0.1) is 25.6 Å². The number of carbonyl (C=O) groups is 2. The van der Waals surface area contributed by atoms with Gasteiger partial charge in [0.05, 0.1) is 20.8 Å². The molecule has 5 aromatic carbocycles. The number of hydrogen-bond acceptors (Lipinski definition) is 8. The van der Waals surface area contributed by atoms with E-state index in [2.05, 4.69) is 0 Å². The van der Waals surface area contributed by atoms with Crippen molar-refractivity contribution in [1.82, 2.24) is 0 Å². The molecule has 0 fully saturated rings. The average molecular weight is 655 g/mol. The van der Waals surface area contributed by atoms with Gasteiger partial charge in [-0.25, -0.2) is 4.79 Å². The average Bonchev–Trinajstić information content (AvgIpc) is 3.10. The largest absolute Gasteiger partial charge is 0.492 e. The summed E-state index contributed by atoms with van der Waals surface area (Å²) in [5.41, 5.74) is 3.72. The van der Waals surface area contributed by atoms with Crippen LogP contribution in [0.5, 0.6) is 11.5 Å². The van der Waals surface area contributed by atoms with E-state index < -0.39 is 26.6 Å². The van der Waals surface area contributed by atoms with Crippen molar-refractivity contribution in [1.29, 1.82) is 0 Å². The summed E-state index contributed by atoms with van der Waals surface area (Å²) in [6.45, 7) is 5.59. The van der Waals surface area contributed by atoms with Gasteiger partial charge in [-0.15, -0.1) is 0 Å². The Kier molecular flexibility index (Phi) is 7.39. The third kappa shape index (κ3) is 5.04. The molecule has 244 valence electrons. The van der Waals surface area contributed by atoms with Gasteiger partial charge in [0.15, 0.2) is 5.78 Å². The van der Waals surface area contributed by atoms with Crippen LogP contribution >= 0.6 is 0 Å². The van der Waals surface area contributed by atoms with Crippen LogP contribution in [0.4, 0.5) is 11.4 Å². The maximum atomic E-state index is 14.2. The summed E-state index contributed by atoms with van der Waals surface area (Å²) < 4.78 is 12.7. The van der Waals surface area contributed by atoms with E-state index in [-0.39, 0.29) is 41.0 Å². The van der Waals surface area contributed by atoms with Gasteiger partial charge in [-0.05, 0) is 64.2 Å². The Bertz CT molecular complexity index is 2140. The van der Waals surface area contributed by atoms with Crippen molar-refractivity contribution in [2.45, 2.75) is 32.1 Å². The van der Waals surface area contributed by atoms with Gasteiger partial charge in [0.1, 0.15) is 18.1 Å². The van der Waals surface area contributed by atoms with Gasteiger partial charge < -0.3 is 9.47 Å². The van der Waals surface area contributed by atoms with Gasteiger partial charge in [-0.2, -0.15) is 0 Å². The topological polar surface area (TPSA) is 139 Å². The van der Waals surface area contributed by atoms with Crippen molar-refractivity contribution in [3.8, 4) is 11.5 Å². The van der Waals surface area contributed by atoms with Gasteiger partial charge in [0.25, 0.3) is 11.4 Å². The smallest absolute Gasteiger partial charge is 0.343 e. The molecule has 0 radical (unpaired) electrons. The Balaban J connectivity index is 1.47. The number of esters is 1. The molecule has 8 rings (SSSR count). The van der Waals surface area contributed by atoms with E-state index in [1.165, 1.54) is 48.5 Å². The molecule has 49 heavy (non-hydrogen) atoms. The number of carbonyl (C=O) groups excluding carboxylic acids is 2. The second-order valence-corrected chi connectivity index (χ2v) is 13.2. The number of rotatable bonds is 8. The van der Waals surface area contributed by atoms with Crippen LogP contribution in [0.1, 0.15) is 80.8 Å². The molecule has 10 nitrogen and oxygen atoms in total. The molecule has 0 saturated carbocycles. The van der Waals surface area contributed by atoms with Crippen molar-refractivity contribution in [2.24, 2.45) is 5.41 Å². The minimum Gasteiger partial charge on any atom is -0.492 e. The quantitative estimate of drug-likeness (QED) is 0.0537. The van der Waals surface area contributed by atoms with E-state index in [0.717, 1.165) is 27.8 Å². The number of hydrogen-bond donors (Lipinski definition) is 0. The SMILES string of the molecule is CC(C)(C)C(=O)c1ccc(OC(=O)c2ccc([N+](=O)[O-])cc2)c2c1C1c3ccccc3C2(COc2ccc([N+](=O)[O-])cc2)c2ccccc21. The number of nitro groups is 2. The zero-order valence-electron chi connectivity index (χ0n) is 26.8. The molecule has 0 aliphatic heterocycles. The molecule has 0 unspecified atom stereocenters. The lowest BCUT2D eigenvalue weighted by Gasteiger charge is -2.51. The zero-order chi connectivity index (χ0) is 34.7. The lowest BCUT2D eigenvalue weighted by atomic mass is 9.52. The van der Waals surface area contributed by atoms with Gasteiger partial charge in [-0.3, -0.25) is 25.0 Å². The monoisotopic (exact) mass is 654 g/mol. The molecule has 0 N–H and O–H groups in total. The van der Waals surface area contributed by atoms with Crippen molar-refractivity contribution >= 4 is 23.1 Å². The van der Waals surface area contributed by atoms with Crippen molar-refractivity contribution < 1.29 is 28.9 Å². The normalized spacial score (nSPS) is 16.9.